The van der Waals surface area contributed by atoms with E-state index in [4.69, 9.17) is 10.8 Å². The average Bonchev–Trinajstić information content (AvgIpc) is 2.86. The van der Waals surface area contributed by atoms with Gasteiger partial charge in [-0.1, -0.05) is 24.0 Å². The van der Waals surface area contributed by atoms with Gasteiger partial charge in [-0.15, -0.1) is 6.42 Å². The van der Waals surface area contributed by atoms with Crippen molar-refractivity contribution >= 4 is 14.1 Å². The summed E-state index contributed by atoms with van der Waals surface area (Å²) < 4.78 is 6.75. The zero-order valence-corrected chi connectivity index (χ0v) is 18.0. The first-order chi connectivity index (χ1) is 12.2. The van der Waals surface area contributed by atoms with E-state index in [1.807, 2.05) is 0 Å². The van der Waals surface area contributed by atoms with E-state index in [1.165, 1.54) is 31.3 Å². The maximum atomic E-state index is 11.9. The molecule has 0 N–H and O–H groups in total. The minimum atomic E-state index is -1.71. The molecule has 0 amide bonds. The quantitative estimate of drug-likeness (QED) is 0.365. The number of ketones is 1. The van der Waals surface area contributed by atoms with Gasteiger partial charge in [0.05, 0.1) is 0 Å². The van der Waals surface area contributed by atoms with E-state index in [0.717, 1.165) is 38.0 Å². The lowest BCUT2D eigenvalue weighted by Gasteiger charge is -2.55. The molecule has 4 aliphatic carbocycles. The van der Waals surface area contributed by atoms with Gasteiger partial charge >= 0.3 is 0 Å². The summed E-state index contributed by atoms with van der Waals surface area (Å²) in [5.41, 5.74) is 2.94. The van der Waals surface area contributed by atoms with Crippen LogP contribution in [0.5, 0.6) is 0 Å². The summed E-state index contributed by atoms with van der Waals surface area (Å²) in [6.45, 7) is 9.25. The molecular formula is C23H34O2Si. The highest BCUT2D eigenvalue weighted by Crippen LogP contribution is 2.65. The summed E-state index contributed by atoms with van der Waals surface area (Å²) in [7, 11) is -1.71. The summed E-state index contributed by atoms with van der Waals surface area (Å²) in [4.78, 5) is 11.9. The lowest BCUT2D eigenvalue weighted by molar-refractivity contribution is -0.119. The normalized spacial score (nSPS) is 42.7. The number of fused-ring (bicyclic) bond motifs is 4. The molecule has 142 valence electrons. The SMILES string of the molecule is C#CC1(O[Si](C)(C)C)CC[C@H]2[C@@H]3CCC4=C(CCC(=O)C4)[C@H]3CC[C@@]21C. The van der Waals surface area contributed by atoms with Gasteiger partial charge in [-0.2, -0.15) is 0 Å². The predicted molar refractivity (Wildman–Crippen MR) is 108 cm³/mol. The molecule has 2 nitrogen and oxygen atoms in total. The highest BCUT2D eigenvalue weighted by molar-refractivity contribution is 6.69. The second-order valence-corrected chi connectivity index (χ2v) is 14.9. The Hall–Kier alpha value is -0.853. The standard InChI is InChI=1S/C23H34O2Si/c1-6-23(25-26(3,4)5)14-12-21-20-9-7-16-15-17(24)8-10-18(16)19(20)11-13-22(21,23)2/h1,19-21H,7-15H2,2-5H3/t19-,20-,21+,22+,23?/m1/s1. The van der Waals surface area contributed by atoms with Crippen molar-refractivity contribution in [1.29, 1.82) is 0 Å². The molecule has 0 aliphatic heterocycles. The smallest absolute Gasteiger partial charge is 0.185 e. The van der Waals surface area contributed by atoms with Crippen molar-refractivity contribution < 1.29 is 9.22 Å². The average molecular weight is 371 g/mol. The van der Waals surface area contributed by atoms with Crippen LogP contribution in [0.15, 0.2) is 11.1 Å². The minimum absolute atomic E-state index is 0.117. The van der Waals surface area contributed by atoms with E-state index in [9.17, 15) is 4.79 Å². The molecule has 0 heterocycles. The first kappa shape index (κ1) is 18.5. The van der Waals surface area contributed by atoms with Crippen LogP contribution in [0, 0.1) is 35.5 Å². The van der Waals surface area contributed by atoms with Gasteiger partial charge in [0.15, 0.2) is 8.32 Å². The van der Waals surface area contributed by atoms with Crippen LogP contribution in [0.1, 0.15) is 64.7 Å². The second-order valence-electron chi connectivity index (χ2n) is 10.4. The van der Waals surface area contributed by atoms with Crippen LogP contribution >= 0.6 is 0 Å². The molecule has 0 aromatic heterocycles. The molecule has 4 rings (SSSR count). The predicted octanol–water partition coefficient (Wildman–Crippen LogP) is 5.50. The van der Waals surface area contributed by atoms with Gasteiger partial charge in [0.25, 0.3) is 0 Å². The van der Waals surface area contributed by atoms with Gasteiger partial charge in [0.1, 0.15) is 11.4 Å². The summed E-state index contributed by atoms with van der Waals surface area (Å²) in [5, 5.41) is 0. The fourth-order valence-electron chi connectivity index (χ4n) is 7.01. The van der Waals surface area contributed by atoms with Crippen LogP contribution in [0.4, 0.5) is 0 Å². The Balaban J connectivity index is 1.65. The van der Waals surface area contributed by atoms with Crippen molar-refractivity contribution in [2.75, 3.05) is 0 Å². The van der Waals surface area contributed by atoms with Crippen molar-refractivity contribution in [3.05, 3.63) is 11.1 Å². The van der Waals surface area contributed by atoms with Crippen LogP contribution in [-0.2, 0) is 9.22 Å². The van der Waals surface area contributed by atoms with E-state index >= 15 is 0 Å². The number of carbonyl (C=O) groups excluding carboxylic acids is 1. The van der Waals surface area contributed by atoms with Crippen molar-refractivity contribution in [3.63, 3.8) is 0 Å². The van der Waals surface area contributed by atoms with Crippen molar-refractivity contribution in [3.8, 4) is 12.3 Å². The summed E-state index contributed by atoms with van der Waals surface area (Å²) >= 11 is 0. The van der Waals surface area contributed by atoms with Crippen LogP contribution < -0.4 is 0 Å². The number of hydrogen-bond acceptors (Lipinski definition) is 2. The first-order valence-electron chi connectivity index (χ1n) is 10.6. The maximum Gasteiger partial charge on any atom is 0.185 e. The fraction of sp³-hybridized carbons (Fsp3) is 0.783. The molecule has 0 saturated heterocycles. The highest BCUT2D eigenvalue weighted by atomic mass is 28.4. The summed E-state index contributed by atoms with van der Waals surface area (Å²) in [6, 6.07) is 0. The van der Waals surface area contributed by atoms with Gasteiger partial charge < -0.3 is 4.43 Å². The molecule has 1 unspecified atom stereocenters. The van der Waals surface area contributed by atoms with Gasteiger partial charge in [-0.05, 0) is 82.3 Å². The number of terminal acetylenes is 1. The molecule has 3 heteroatoms. The third-order valence-corrected chi connectivity index (χ3v) is 9.00. The Labute approximate surface area is 160 Å². The number of allylic oxidation sites excluding steroid dienone is 2. The van der Waals surface area contributed by atoms with Crippen LogP contribution in [0.3, 0.4) is 0 Å². The minimum Gasteiger partial charge on any atom is -0.401 e. The number of Topliss-reactive ketones (excluding diaryl/α,β-unsaturated/α-hetero) is 1. The lowest BCUT2D eigenvalue weighted by Crippen LogP contribution is -2.55. The van der Waals surface area contributed by atoms with E-state index < -0.39 is 8.32 Å². The number of carbonyl (C=O) groups is 1. The molecule has 0 aromatic carbocycles. The third-order valence-electron chi connectivity index (χ3n) is 8.04. The highest BCUT2D eigenvalue weighted by Gasteiger charge is 2.63. The Morgan fingerprint density at radius 3 is 2.58 bits per heavy atom. The van der Waals surface area contributed by atoms with Crippen molar-refractivity contribution in [1.82, 2.24) is 0 Å². The van der Waals surface area contributed by atoms with Crippen LogP contribution in [0.25, 0.3) is 0 Å². The van der Waals surface area contributed by atoms with E-state index in [0.29, 0.717) is 17.6 Å². The Morgan fingerprint density at radius 2 is 1.88 bits per heavy atom. The fourth-order valence-corrected chi connectivity index (χ4v) is 8.45. The van der Waals surface area contributed by atoms with Crippen LogP contribution in [-0.4, -0.2) is 19.7 Å². The van der Waals surface area contributed by atoms with Gasteiger partial charge in [0, 0.05) is 18.3 Å². The second kappa shape index (κ2) is 6.08. The molecule has 26 heavy (non-hydrogen) atoms. The molecule has 2 saturated carbocycles. The lowest BCUT2D eigenvalue weighted by atomic mass is 9.52. The molecule has 0 spiro atoms. The molecule has 0 aromatic rings. The molecule has 2 fully saturated rings. The zero-order valence-electron chi connectivity index (χ0n) is 17.0. The Bertz CT molecular complexity index is 694. The van der Waals surface area contributed by atoms with Gasteiger partial charge in [-0.3, -0.25) is 4.79 Å². The molecule has 5 atom stereocenters. The van der Waals surface area contributed by atoms with E-state index in [1.54, 1.807) is 5.57 Å². The van der Waals surface area contributed by atoms with Gasteiger partial charge in [-0.25, -0.2) is 0 Å². The third kappa shape index (κ3) is 2.68. The topological polar surface area (TPSA) is 26.3 Å². The largest absolute Gasteiger partial charge is 0.401 e. The summed E-state index contributed by atoms with van der Waals surface area (Å²) in [5.74, 6) is 5.79. The van der Waals surface area contributed by atoms with Crippen LogP contribution in [0.2, 0.25) is 19.6 Å². The molecular weight excluding hydrogens is 336 g/mol. The number of hydrogen-bond donors (Lipinski definition) is 0. The molecule has 0 radical (unpaired) electrons. The van der Waals surface area contributed by atoms with E-state index in [2.05, 4.69) is 32.5 Å². The Kier molecular flexibility index (Phi) is 4.32. The van der Waals surface area contributed by atoms with Crippen molar-refractivity contribution in [2.45, 2.75) is 90.0 Å². The first-order valence-corrected chi connectivity index (χ1v) is 14.0. The molecule has 0 bridgehead atoms. The molecule has 4 aliphatic rings. The zero-order chi connectivity index (χ0) is 18.7. The Morgan fingerprint density at radius 1 is 1.12 bits per heavy atom. The summed E-state index contributed by atoms with van der Waals surface area (Å²) in [6.07, 6.45) is 15.8. The maximum absolute atomic E-state index is 11.9. The monoisotopic (exact) mass is 370 g/mol. The number of rotatable bonds is 2. The van der Waals surface area contributed by atoms with Gasteiger partial charge in [0.2, 0.25) is 0 Å². The van der Waals surface area contributed by atoms with E-state index in [-0.39, 0.29) is 11.0 Å². The van der Waals surface area contributed by atoms with Crippen molar-refractivity contribution in [2.24, 2.45) is 23.2 Å².